The topological polar surface area (TPSA) is 82.3 Å². The molecule has 0 bridgehead atoms. The summed E-state index contributed by atoms with van der Waals surface area (Å²) in [4.78, 5) is 8.40. The molecule has 0 spiro atoms. The van der Waals surface area contributed by atoms with Crippen LogP contribution in [0.1, 0.15) is 6.92 Å². The lowest BCUT2D eigenvalue weighted by Crippen LogP contribution is -2.03. The van der Waals surface area contributed by atoms with E-state index in [9.17, 15) is 0 Å². The van der Waals surface area contributed by atoms with Crippen molar-refractivity contribution in [2.24, 2.45) is 0 Å². The fourth-order valence-electron chi connectivity index (χ4n) is 2.84. The molecule has 0 atom stereocenters. The van der Waals surface area contributed by atoms with Crippen molar-refractivity contribution in [1.82, 2.24) is 9.97 Å². The van der Waals surface area contributed by atoms with Gasteiger partial charge in [-0.3, -0.25) is 0 Å². The SMILES string of the molecule is CCOc1ccc(Nc2ncnc(Oc3ccc4ccccc4c3)c2N)cc1. The van der Waals surface area contributed by atoms with Gasteiger partial charge in [0.25, 0.3) is 0 Å². The number of nitrogen functional groups attached to an aromatic ring is 1. The largest absolute Gasteiger partial charge is 0.494 e. The molecule has 0 aliphatic carbocycles. The van der Waals surface area contributed by atoms with Crippen LogP contribution in [0.4, 0.5) is 17.2 Å². The van der Waals surface area contributed by atoms with Crippen LogP contribution in [0.25, 0.3) is 10.8 Å². The number of fused-ring (bicyclic) bond motifs is 1. The molecule has 0 saturated carbocycles. The highest BCUT2D eigenvalue weighted by atomic mass is 16.5. The monoisotopic (exact) mass is 372 g/mol. The van der Waals surface area contributed by atoms with E-state index in [0.29, 0.717) is 29.7 Å². The highest BCUT2D eigenvalue weighted by molar-refractivity contribution is 5.84. The maximum Gasteiger partial charge on any atom is 0.248 e. The Bertz CT molecular complexity index is 1100. The summed E-state index contributed by atoms with van der Waals surface area (Å²) in [7, 11) is 0. The van der Waals surface area contributed by atoms with Gasteiger partial charge in [-0.15, -0.1) is 0 Å². The Morgan fingerprint density at radius 2 is 1.64 bits per heavy atom. The summed E-state index contributed by atoms with van der Waals surface area (Å²) >= 11 is 0. The highest BCUT2D eigenvalue weighted by Gasteiger charge is 2.11. The first kappa shape index (κ1) is 17.6. The summed E-state index contributed by atoms with van der Waals surface area (Å²) in [6.45, 7) is 2.58. The molecule has 3 N–H and O–H groups in total. The lowest BCUT2D eigenvalue weighted by Gasteiger charge is -2.12. The van der Waals surface area contributed by atoms with Crippen molar-refractivity contribution in [2.75, 3.05) is 17.7 Å². The van der Waals surface area contributed by atoms with Gasteiger partial charge in [0.05, 0.1) is 6.61 Å². The van der Waals surface area contributed by atoms with Gasteiger partial charge in [-0.05, 0) is 54.1 Å². The molecule has 28 heavy (non-hydrogen) atoms. The lowest BCUT2D eigenvalue weighted by molar-refractivity contribution is 0.340. The maximum atomic E-state index is 6.23. The van der Waals surface area contributed by atoms with Gasteiger partial charge in [-0.2, -0.15) is 4.98 Å². The van der Waals surface area contributed by atoms with Crippen molar-refractivity contribution < 1.29 is 9.47 Å². The molecule has 0 aliphatic heterocycles. The van der Waals surface area contributed by atoms with E-state index in [1.807, 2.05) is 67.6 Å². The fraction of sp³-hybridized carbons (Fsp3) is 0.0909. The molecule has 0 aliphatic rings. The molecule has 0 saturated heterocycles. The quantitative estimate of drug-likeness (QED) is 0.487. The molecule has 3 aromatic carbocycles. The van der Waals surface area contributed by atoms with Crippen LogP contribution in [0.3, 0.4) is 0 Å². The Balaban J connectivity index is 1.55. The van der Waals surface area contributed by atoms with Crippen molar-refractivity contribution in [3.05, 3.63) is 73.1 Å². The number of nitrogens with zero attached hydrogens (tertiary/aromatic N) is 2. The number of benzene rings is 3. The maximum absolute atomic E-state index is 6.23. The number of ether oxygens (including phenoxy) is 2. The van der Waals surface area contributed by atoms with Crippen molar-refractivity contribution in [1.29, 1.82) is 0 Å². The average Bonchev–Trinajstić information content (AvgIpc) is 2.72. The van der Waals surface area contributed by atoms with E-state index in [1.54, 1.807) is 0 Å². The molecule has 0 radical (unpaired) electrons. The smallest absolute Gasteiger partial charge is 0.248 e. The molecule has 6 heteroatoms. The molecule has 4 rings (SSSR count). The second-order valence-corrected chi connectivity index (χ2v) is 6.13. The molecular formula is C22H20N4O2. The Kier molecular flexibility index (Phi) is 4.93. The molecule has 1 heterocycles. The van der Waals surface area contributed by atoms with E-state index in [2.05, 4.69) is 21.4 Å². The molecule has 0 fully saturated rings. The Morgan fingerprint density at radius 3 is 2.43 bits per heavy atom. The van der Waals surface area contributed by atoms with E-state index in [0.717, 1.165) is 22.2 Å². The summed E-state index contributed by atoms with van der Waals surface area (Å²) in [5, 5.41) is 5.41. The molecule has 6 nitrogen and oxygen atoms in total. The fourth-order valence-corrected chi connectivity index (χ4v) is 2.84. The Labute approximate surface area is 163 Å². The zero-order valence-electron chi connectivity index (χ0n) is 15.4. The summed E-state index contributed by atoms with van der Waals surface area (Å²) in [6, 6.07) is 21.5. The van der Waals surface area contributed by atoms with Crippen LogP contribution in [0.5, 0.6) is 17.4 Å². The highest BCUT2D eigenvalue weighted by Crippen LogP contribution is 2.32. The number of aromatic nitrogens is 2. The first-order valence-corrected chi connectivity index (χ1v) is 9.00. The standard InChI is InChI=1S/C22H20N4O2/c1-2-27-18-11-8-17(9-12-18)26-21-20(23)22(25-14-24-21)28-19-10-7-15-5-3-4-6-16(15)13-19/h3-14H,2,23H2,1H3,(H,24,25,26). The van der Waals surface area contributed by atoms with Gasteiger partial charge in [0.15, 0.2) is 5.82 Å². The van der Waals surface area contributed by atoms with Crippen LogP contribution < -0.4 is 20.5 Å². The number of rotatable bonds is 6. The van der Waals surface area contributed by atoms with Gasteiger partial charge in [0.2, 0.25) is 5.88 Å². The number of hydrogen-bond donors (Lipinski definition) is 2. The summed E-state index contributed by atoms with van der Waals surface area (Å²) in [5.41, 5.74) is 7.41. The predicted molar refractivity (Wildman–Crippen MR) is 111 cm³/mol. The van der Waals surface area contributed by atoms with Crippen LogP contribution >= 0.6 is 0 Å². The summed E-state index contributed by atoms with van der Waals surface area (Å²) in [5.74, 6) is 2.26. The average molecular weight is 372 g/mol. The first-order valence-electron chi connectivity index (χ1n) is 9.00. The molecule has 4 aromatic rings. The minimum Gasteiger partial charge on any atom is -0.494 e. The normalized spacial score (nSPS) is 10.6. The lowest BCUT2D eigenvalue weighted by atomic mass is 10.1. The number of nitrogens with two attached hydrogens (primary N) is 1. The zero-order chi connectivity index (χ0) is 19.3. The molecule has 0 unspecified atom stereocenters. The number of nitrogens with one attached hydrogen (secondary N) is 1. The minimum absolute atomic E-state index is 0.304. The number of anilines is 3. The second-order valence-electron chi connectivity index (χ2n) is 6.13. The van der Waals surface area contributed by atoms with Crippen LogP contribution in [0.2, 0.25) is 0 Å². The van der Waals surface area contributed by atoms with Gasteiger partial charge in [-0.25, -0.2) is 4.98 Å². The van der Waals surface area contributed by atoms with Crippen LogP contribution in [-0.4, -0.2) is 16.6 Å². The first-order chi connectivity index (χ1) is 13.7. The minimum atomic E-state index is 0.304. The Hall–Kier alpha value is -3.80. The third-order valence-corrected chi connectivity index (χ3v) is 4.21. The van der Waals surface area contributed by atoms with Gasteiger partial charge >= 0.3 is 0 Å². The molecule has 140 valence electrons. The Morgan fingerprint density at radius 1 is 0.893 bits per heavy atom. The van der Waals surface area contributed by atoms with Crippen LogP contribution in [0, 0.1) is 0 Å². The molecular weight excluding hydrogens is 352 g/mol. The van der Waals surface area contributed by atoms with Crippen LogP contribution in [-0.2, 0) is 0 Å². The van der Waals surface area contributed by atoms with Crippen molar-refractivity contribution in [3.8, 4) is 17.4 Å². The second kappa shape index (κ2) is 7.84. The predicted octanol–water partition coefficient (Wildman–Crippen LogP) is 5.15. The van der Waals surface area contributed by atoms with Gasteiger partial charge in [0.1, 0.15) is 23.5 Å². The van der Waals surface area contributed by atoms with Gasteiger partial charge in [0, 0.05) is 5.69 Å². The van der Waals surface area contributed by atoms with E-state index < -0.39 is 0 Å². The van der Waals surface area contributed by atoms with Gasteiger partial charge < -0.3 is 20.5 Å². The van der Waals surface area contributed by atoms with E-state index in [1.165, 1.54) is 6.33 Å². The summed E-state index contributed by atoms with van der Waals surface area (Å²) in [6.07, 6.45) is 1.42. The summed E-state index contributed by atoms with van der Waals surface area (Å²) < 4.78 is 11.4. The van der Waals surface area contributed by atoms with E-state index in [4.69, 9.17) is 15.2 Å². The van der Waals surface area contributed by atoms with Crippen LogP contribution in [0.15, 0.2) is 73.1 Å². The zero-order valence-corrected chi connectivity index (χ0v) is 15.4. The van der Waals surface area contributed by atoms with Gasteiger partial charge in [-0.1, -0.05) is 30.3 Å². The molecule has 0 amide bonds. The van der Waals surface area contributed by atoms with Crippen molar-refractivity contribution in [3.63, 3.8) is 0 Å². The molecule has 1 aromatic heterocycles. The van der Waals surface area contributed by atoms with E-state index in [-0.39, 0.29) is 0 Å². The third kappa shape index (κ3) is 3.81. The van der Waals surface area contributed by atoms with Crippen molar-refractivity contribution >= 4 is 28.0 Å². The van der Waals surface area contributed by atoms with E-state index >= 15 is 0 Å². The van der Waals surface area contributed by atoms with Crippen molar-refractivity contribution in [2.45, 2.75) is 6.92 Å². The third-order valence-electron chi connectivity index (χ3n) is 4.21. The number of hydrogen-bond acceptors (Lipinski definition) is 6.